The van der Waals surface area contributed by atoms with Crippen LogP contribution in [0.5, 0.6) is 0 Å². The summed E-state index contributed by atoms with van der Waals surface area (Å²) in [6.45, 7) is 0.366. The number of nitrogens with one attached hydrogen (secondary N) is 1. The number of alkyl halides is 3. The number of halogens is 3. The molecule has 134 valence electrons. The molecule has 3 rings (SSSR count). The van der Waals surface area contributed by atoms with E-state index in [9.17, 15) is 18.0 Å². The van der Waals surface area contributed by atoms with Gasteiger partial charge in [0.15, 0.2) is 5.69 Å². The molecule has 0 aliphatic carbocycles. The molecule has 2 aromatic rings. The Balaban J connectivity index is 1.73. The van der Waals surface area contributed by atoms with Crippen LogP contribution in [0.25, 0.3) is 0 Å². The summed E-state index contributed by atoms with van der Waals surface area (Å²) in [6.07, 6.45) is 0.00000853. The Labute approximate surface area is 142 Å². The molecule has 1 fully saturated rings. The molecule has 0 bridgehead atoms. The van der Waals surface area contributed by atoms with Crippen molar-refractivity contribution in [2.45, 2.75) is 31.6 Å². The third kappa shape index (κ3) is 3.75. The first-order chi connectivity index (χ1) is 11.9. The van der Waals surface area contributed by atoms with Gasteiger partial charge >= 0.3 is 6.18 Å². The quantitative estimate of drug-likeness (QED) is 0.918. The van der Waals surface area contributed by atoms with Crippen molar-refractivity contribution in [2.24, 2.45) is 0 Å². The molecule has 1 atom stereocenters. The average Bonchev–Trinajstić information content (AvgIpc) is 3.23. The molecule has 1 unspecified atom stereocenters. The van der Waals surface area contributed by atoms with Crippen molar-refractivity contribution < 1.29 is 18.0 Å². The molecule has 0 aromatic carbocycles. The number of likely N-dealkylation sites (tertiary alicyclic amines) is 1. The highest BCUT2D eigenvalue weighted by atomic mass is 19.4. The second-order valence-corrected chi connectivity index (χ2v) is 5.87. The molecule has 0 spiro atoms. The first kappa shape index (κ1) is 17.2. The van der Waals surface area contributed by atoms with Crippen LogP contribution in [0.2, 0.25) is 0 Å². The highest BCUT2D eigenvalue weighted by Gasteiger charge is 2.34. The largest absolute Gasteiger partial charge is 0.435 e. The first-order valence-electron chi connectivity index (χ1n) is 7.92. The molecular formula is C16H18F3N5O. The maximum atomic E-state index is 12.6. The predicted octanol–water partition coefficient (Wildman–Crippen LogP) is 2.70. The van der Waals surface area contributed by atoms with Gasteiger partial charge < -0.3 is 10.2 Å². The topological polar surface area (TPSA) is 63.1 Å². The fraction of sp³-hybridized carbons (Fsp3) is 0.438. The normalized spacial score (nSPS) is 17.8. The summed E-state index contributed by atoms with van der Waals surface area (Å²) < 4.78 is 38.9. The van der Waals surface area contributed by atoms with Crippen molar-refractivity contribution in [2.75, 3.05) is 18.9 Å². The highest BCUT2D eigenvalue weighted by Crippen LogP contribution is 2.33. The molecule has 9 heteroatoms. The standard InChI is InChI=1S/C16H18F3N5O/c1-20-14-9-11(4-6-21-14)12-3-2-7-24(12)15(25)10-23-8-5-13(22-23)16(17,18)19/h4-6,8-9,12H,2-3,7,10H2,1H3,(H,20,21). The van der Waals surface area contributed by atoms with Gasteiger partial charge in [0.2, 0.25) is 5.91 Å². The molecule has 1 saturated heterocycles. The fourth-order valence-corrected chi connectivity index (χ4v) is 3.03. The van der Waals surface area contributed by atoms with Gasteiger partial charge in [0, 0.05) is 26.0 Å². The molecule has 0 radical (unpaired) electrons. The molecule has 0 saturated carbocycles. The number of hydrogen-bond donors (Lipinski definition) is 1. The van der Waals surface area contributed by atoms with Crippen LogP contribution in [0.1, 0.15) is 30.1 Å². The molecular weight excluding hydrogens is 335 g/mol. The van der Waals surface area contributed by atoms with Gasteiger partial charge in [-0.2, -0.15) is 18.3 Å². The monoisotopic (exact) mass is 353 g/mol. The van der Waals surface area contributed by atoms with Gasteiger partial charge in [-0.3, -0.25) is 9.48 Å². The third-order valence-electron chi connectivity index (χ3n) is 4.23. The van der Waals surface area contributed by atoms with E-state index < -0.39 is 11.9 Å². The van der Waals surface area contributed by atoms with E-state index >= 15 is 0 Å². The van der Waals surface area contributed by atoms with E-state index in [1.165, 1.54) is 6.20 Å². The SMILES string of the molecule is CNc1cc(C2CCCN2C(=O)Cn2ccc(C(F)(F)F)n2)ccn1. The summed E-state index contributed by atoms with van der Waals surface area (Å²) in [4.78, 5) is 18.4. The van der Waals surface area contributed by atoms with E-state index in [1.54, 1.807) is 18.1 Å². The molecule has 3 heterocycles. The number of amides is 1. The van der Waals surface area contributed by atoms with Gasteiger partial charge in [-0.15, -0.1) is 0 Å². The molecule has 1 aliphatic heterocycles. The van der Waals surface area contributed by atoms with Crippen LogP contribution in [-0.2, 0) is 17.5 Å². The highest BCUT2D eigenvalue weighted by molar-refractivity contribution is 5.76. The van der Waals surface area contributed by atoms with Gasteiger partial charge in [-0.25, -0.2) is 4.98 Å². The summed E-state index contributed by atoms with van der Waals surface area (Å²) in [7, 11) is 1.76. The van der Waals surface area contributed by atoms with Gasteiger partial charge in [0.05, 0.1) is 6.04 Å². The zero-order valence-electron chi connectivity index (χ0n) is 13.6. The van der Waals surface area contributed by atoms with Gasteiger partial charge in [0.25, 0.3) is 0 Å². The number of anilines is 1. The van der Waals surface area contributed by atoms with Gasteiger partial charge in [-0.1, -0.05) is 0 Å². The van der Waals surface area contributed by atoms with E-state index in [2.05, 4.69) is 15.4 Å². The second kappa shape index (κ2) is 6.73. The minimum Gasteiger partial charge on any atom is -0.373 e. The minimum absolute atomic E-state index is 0.0970. The number of rotatable bonds is 4. The lowest BCUT2D eigenvalue weighted by Gasteiger charge is -2.25. The van der Waals surface area contributed by atoms with Crippen molar-refractivity contribution in [1.29, 1.82) is 0 Å². The van der Waals surface area contributed by atoms with E-state index in [1.807, 2.05) is 12.1 Å². The number of carbonyl (C=O) groups is 1. The summed E-state index contributed by atoms with van der Waals surface area (Å²) >= 11 is 0. The number of carbonyl (C=O) groups excluding carboxylic acids is 1. The Morgan fingerprint density at radius 1 is 1.40 bits per heavy atom. The Morgan fingerprint density at radius 3 is 2.88 bits per heavy atom. The van der Waals surface area contributed by atoms with Crippen LogP contribution in [0.4, 0.5) is 19.0 Å². The molecule has 1 aliphatic rings. The summed E-state index contributed by atoms with van der Waals surface area (Å²) in [5.74, 6) is 0.459. The van der Waals surface area contributed by atoms with Crippen LogP contribution >= 0.6 is 0 Å². The van der Waals surface area contributed by atoms with Crippen molar-refractivity contribution in [3.63, 3.8) is 0 Å². The van der Waals surface area contributed by atoms with Crippen LogP contribution in [-0.4, -0.2) is 39.2 Å². The maximum absolute atomic E-state index is 12.6. The molecule has 2 aromatic heterocycles. The Morgan fingerprint density at radius 2 is 2.20 bits per heavy atom. The van der Waals surface area contributed by atoms with Crippen molar-refractivity contribution in [1.82, 2.24) is 19.7 Å². The maximum Gasteiger partial charge on any atom is 0.435 e. The lowest BCUT2D eigenvalue weighted by atomic mass is 10.1. The number of pyridine rings is 1. The summed E-state index contributed by atoms with van der Waals surface area (Å²) in [6, 6.07) is 4.51. The smallest absolute Gasteiger partial charge is 0.373 e. The predicted molar refractivity (Wildman–Crippen MR) is 84.7 cm³/mol. The first-order valence-corrected chi connectivity index (χ1v) is 7.92. The average molecular weight is 353 g/mol. The molecule has 1 amide bonds. The summed E-state index contributed by atoms with van der Waals surface area (Å²) in [5.41, 5.74) is -0.0345. The zero-order chi connectivity index (χ0) is 18.0. The van der Waals surface area contributed by atoms with Crippen LogP contribution in [0.15, 0.2) is 30.6 Å². The Hall–Kier alpha value is -2.58. The van der Waals surface area contributed by atoms with Crippen LogP contribution < -0.4 is 5.32 Å². The van der Waals surface area contributed by atoms with Crippen LogP contribution in [0, 0.1) is 0 Å². The lowest BCUT2D eigenvalue weighted by Crippen LogP contribution is -2.33. The van der Waals surface area contributed by atoms with E-state index in [4.69, 9.17) is 0 Å². The lowest BCUT2D eigenvalue weighted by molar-refractivity contribution is -0.142. The Kier molecular flexibility index (Phi) is 4.65. The minimum atomic E-state index is -4.51. The Bertz CT molecular complexity index is 758. The van der Waals surface area contributed by atoms with E-state index in [0.717, 1.165) is 29.2 Å². The molecule has 1 N–H and O–H groups in total. The van der Waals surface area contributed by atoms with Gasteiger partial charge in [0.1, 0.15) is 12.4 Å². The van der Waals surface area contributed by atoms with Crippen molar-refractivity contribution in [3.05, 3.63) is 41.9 Å². The van der Waals surface area contributed by atoms with E-state index in [-0.39, 0.29) is 18.5 Å². The fourth-order valence-electron chi connectivity index (χ4n) is 3.03. The number of nitrogens with zero attached hydrogens (tertiary/aromatic N) is 4. The second-order valence-electron chi connectivity index (χ2n) is 5.87. The van der Waals surface area contributed by atoms with Crippen molar-refractivity contribution >= 4 is 11.7 Å². The zero-order valence-corrected chi connectivity index (χ0v) is 13.6. The molecule has 6 nitrogen and oxygen atoms in total. The summed E-state index contributed by atoms with van der Waals surface area (Å²) in [5, 5.41) is 6.40. The number of aromatic nitrogens is 3. The number of hydrogen-bond acceptors (Lipinski definition) is 4. The molecule has 25 heavy (non-hydrogen) atoms. The van der Waals surface area contributed by atoms with E-state index in [0.29, 0.717) is 12.4 Å². The van der Waals surface area contributed by atoms with Crippen LogP contribution in [0.3, 0.4) is 0 Å². The van der Waals surface area contributed by atoms with Gasteiger partial charge in [-0.05, 0) is 36.6 Å². The van der Waals surface area contributed by atoms with Crippen molar-refractivity contribution in [3.8, 4) is 0 Å². The third-order valence-corrected chi connectivity index (χ3v) is 4.23.